The minimum Gasteiger partial charge on any atom is -0.506 e. The number of rotatable bonds is 4. The highest BCUT2D eigenvalue weighted by Crippen LogP contribution is 2.25. The normalized spacial score (nSPS) is 15.6. The molecule has 0 spiro atoms. The Bertz CT molecular complexity index is 893. The number of anilines is 1. The number of hydrogen-bond donors (Lipinski definition) is 3. The molecular weight excluding hydrogens is 384 g/mol. The first-order chi connectivity index (χ1) is 13.5. The molecule has 0 saturated carbocycles. The van der Waals surface area contributed by atoms with Crippen LogP contribution in [0.1, 0.15) is 27.3 Å². The molecule has 0 radical (unpaired) electrons. The van der Waals surface area contributed by atoms with E-state index in [9.17, 15) is 18.9 Å². The van der Waals surface area contributed by atoms with Gasteiger partial charge in [-0.1, -0.05) is 6.07 Å². The molecular formula is C18H20N4O5S. The zero-order valence-electron chi connectivity index (χ0n) is 14.9. The Kier molecular flexibility index (Phi) is 6.22. The fraction of sp³-hybridized carbons (Fsp3) is 0.278. The number of hydrogen-bond acceptors (Lipinski definition) is 5. The molecule has 3 rings (SSSR count). The van der Waals surface area contributed by atoms with E-state index < -0.39 is 11.3 Å². The molecule has 0 bridgehead atoms. The topological polar surface area (TPSA) is 123 Å². The second-order valence-corrected chi connectivity index (χ2v) is 6.94. The second-order valence-electron chi connectivity index (χ2n) is 6.24. The van der Waals surface area contributed by atoms with Crippen molar-refractivity contribution >= 4 is 28.8 Å². The maximum atomic E-state index is 12.8. The number of pyridine rings is 1. The Morgan fingerprint density at radius 3 is 2.36 bits per heavy atom. The van der Waals surface area contributed by atoms with E-state index >= 15 is 0 Å². The van der Waals surface area contributed by atoms with Gasteiger partial charge in [-0.2, -0.15) is 0 Å². The van der Waals surface area contributed by atoms with Crippen molar-refractivity contribution in [1.82, 2.24) is 14.8 Å². The third-order valence-corrected chi connectivity index (χ3v) is 4.79. The van der Waals surface area contributed by atoms with Gasteiger partial charge in [-0.05, 0) is 36.8 Å². The van der Waals surface area contributed by atoms with Crippen LogP contribution in [0.2, 0.25) is 0 Å². The van der Waals surface area contributed by atoms with Gasteiger partial charge in [0.15, 0.2) is 0 Å². The van der Waals surface area contributed by atoms with Crippen molar-refractivity contribution in [1.29, 1.82) is 0 Å². The van der Waals surface area contributed by atoms with Crippen LogP contribution in [-0.4, -0.2) is 66.6 Å². The first-order valence-corrected chi connectivity index (χ1v) is 9.76. The molecule has 2 aromatic rings. The van der Waals surface area contributed by atoms with Crippen LogP contribution in [0.4, 0.5) is 5.69 Å². The maximum Gasteiger partial charge on any atom is 0.272 e. The van der Waals surface area contributed by atoms with Gasteiger partial charge in [0.25, 0.3) is 23.1 Å². The molecule has 2 heterocycles. The number of phenolic OH excluding ortho intramolecular Hbond substituents is 1. The predicted molar refractivity (Wildman–Crippen MR) is 103 cm³/mol. The predicted octanol–water partition coefficient (Wildman–Crippen LogP) is 1.32. The van der Waals surface area contributed by atoms with Gasteiger partial charge < -0.3 is 14.9 Å². The van der Waals surface area contributed by atoms with E-state index in [1.165, 1.54) is 18.2 Å². The minimum atomic E-state index is -2.32. The zero-order chi connectivity index (χ0) is 20.1. The summed E-state index contributed by atoms with van der Waals surface area (Å²) >= 11 is -2.32. The Hall–Kier alpha value is -2.98. The lowest BCUT2D eigenvalue weighted by Crippen LogP contribution is -2.37. The van der Waals surface area contributed by atoms with Crippen molar-refractivity contribution in [3.05, 3.63) is 53.9 Å². The Morgan fingerprint density at radius 1 is 1.04 bits per heavy atom. The van der Waals surface area contributed by atoms with Crippen LogP contribution in [0.25, 0.3) is 0 Å². The summed E-state index contributed by atoms with van der Waals surface area (Å²) in [5.74, 6) is -0.742. The highest BCUT2D eigenvalue weighted by atomic mass is 32.2. The van der Waals surface area contributed by atoms with E-state index in [4.69, 9.17) is 4.55 Å². The van der Waals surface area contributed by atoms with Crippen molar-refractivity contribution in [3.63, 3.8) is 0 Å². The van der Waals surface area contributed by atoms with Gasteiger partial charge in [0, 0.05) is 37.9 Å². The highest BCUT2D eigenvalue weighted by molar-refractivity contribution is 7.80. The standard InChI is InChI=1S/C18H20N4O5S/c23-16-12-13(5-6-14(16)20-28(26)27)17(24)21-8-3-9-22(11-10-21)18(25)15-4-1-2-7-19-15/h1-2,4-7,12,20,23H,3,8-11H2,(H,26,27). The van der Waals surface area contributed by atoms with Gasteiger partial charge in [-0.3, -0.25) is 23.8 Å². The molecule has 1 unspecified atom stereocenters. The van der Waals surface area contributed by atoms with E-state index in [-0.39, 0.29) is 28.8 Å². The molecule has 1 aromatic heterocycles. The number of aromatic nitrogens is 1. The monoisotopic (exact) mass is 404 g/mol. The van der Waals surface area contributed by atoms with Crippen LogP contribution in [0, 0.1) is 0 Å². The van der Waals surface area contributed by atoms with Crippen molar-refractivity contribution in [3.8, 4) is 5.75 Å². The van der Waals surface area contributed by atoms with E-state index in [1.807, 2.05) is 0 Å². The molecule has 10 heteroatoms. The van der Waals surface area contributed by atoms with Crippen molar-refractivity contribution < 1.29 is 23.5 Å². The summed E-state index contributed by atoms with van der Waals surface area (Å²) in [7, 11) is 0. The fourth-order valence-electron chi connectivity index (χ4n) is 3.00. The van der Waals surface area contributed by atoms with Crippen LogP contribution < -0.4 is 4.72 Å². The van der Waals surface area contributed by atoms with E-state index in [0.29, 0.717) is 38.3 Å². The van der Waals surface area contributed by atoms with Crippen LogP contribution >= 0.6 is 0 Å². The molecule has 9 nitrogen and oxygen atoms in total. The third kappa shape index (κ3) is 4.65. The number of nitrogens with one attached hydrogen (secondary N) is 1. The Labute approximate surface area is 164 Å². The molecule has 1 fully saturated rings. The smallest absolute Gasteiger partial charge is 0.272 e. The third-order valence-electron chi connectivity index (χ3n) is 4.40. The molecule has 1 aromatic carbocycles. The number of carbonyl (C=O) groups is 2. The van der Waals surface area contributed by atoms with Gasteiger partial charge in [0.05, 0.1) is 5.69 Å². The Balaban J connectivity index is 1.66. The lowest BCUT2D eigenvalue weighted by molar-refractivity contribution is 0.0715. The summed E-state index contributed by atoms with van der Waals surface area (Å²) in [5, 5.41) is 9.95. The van der Waals surface area contributed by atoms with Crippen LogP contribution in [-0.2, 0) is 11.3 Å². The molecule has 1 aliphatic heterocycles. The number of benzene rings is 1. The maximum absolute atomic E-state index is 12.8. The largest absolute Gasteiger partial charge is 0.506 e. The average molecular weight is 404 g/mol. The van der Waals surface area contributed by atoms with E-state index in [2.05, 4.69) is 9.71 Å². The molecule has 3 N–H and O–H groups in total. The van der Waals surface area contributed by atoms with Crippen LogP contribution in [0.3, 0.4) is 0 Å². The summed E-state index contributed by atoms with van der Waals surface area (Å²) in [6, 6.07) is 9.25. The fourth-order valence-corrected chi connectivity index (χ4v) is 3.36. The first-order valence-electron chi connectivity index (χ1n) is 8.66. The van der Waals surface area contributed by atoms with E-state index in [0.717, 1.165) is 0 Å². The van der Waals surface area contributed by atoms with Crippen LogP contribution in [0.15, 0.2) is 42.6 Å². The number of nitrogens with zero attached hydrogens (tertiary/aromatic N) is 3. The quantitative estimate of drug-likeness (QED) is 0.522. The number of aromatic hydroxyl groups is 1. The van der Waals surface area contributed by atoms with Crippen molar-refractivity contribution in [2.24, 2.45) is 0 Å². The summed E-state index contributed by atoms with van der Waals surface area (Å²) in [6.45, 7) is 1.75. The first kappa shape index (κ1) is 19.8. The average Bonchev–Trinajstić information content (AvgIpc) is 2.95. The van der Waals surface area contributed by atoms with Gasteiger partial charge >= 0.3 is 0 Å². The molecule has 28 heavy (non-hydrogen) atoms. The molecule has 0 aliphatic carbocycles. The molecule has 1 saturated heterocycles. The molecule has 1 atom stereocenters. The summed E-state index contributed by atoms with van der Waals surface area (Å²) in [4.78, 5) is 32.7. The summed E-state index contributed by atoms with van der Waals surface area (Å²) in [5.41, 5.74) is 0.688. The molecule has 148 valence electrons. The molecule has 2 amide bonds. The van der Waals surface area contributed by atoms with Crippen molar-refractivity contribution in [2.75, 3.05) is 30.9 Å². The van der Waals surface area contributed by atoms with E-state index in [1.54, 1.807) is 34.2 Å². The van der Waals surface area contributed by atoms with Gasteiger partial charge in [-0.15, -0.1) is 0 Å². The summed E-state index contributed by atoms with van der Waals surface area (Å²) in [6.07, 6.45) is 2.19. The van der Waals surface area contributed by atoms with Crippen LogP contribution in [0.5, 0.6) is 5.75 Å². The van der Waals surface area contributed by atoms with Gasteiger partial charge in [-0.25, -0.2) is 4.21 Å². The highest BCUT2D eigenvalue weighted by Gasteiger charge is 2.24. The Morgan fingerprint density at radius 2 is 1.75 bits per heavy atom. The lowest BCUT2D eigenvalue weighted by Gasteiger charge is -2.22. The summed E-state index contributed by atoms with van der Waals surface area (Å²) < 4.78 is 21.8. The number of amides is 2. The van der Waals surface area contributed by atoms with Gasteiger partial charge in [0.1, 0.15) is 11.4 Å². The zero-order valence-corrected chi connectivity index (χ0v) is 15.8. The lowest BCUT2D eigenvalue weighted by atomic mass is 10.1. The SMILES string of the molecule is O=C(c1ccc(NS(=O)O)c(O)c1)N1CCCN(C(=O)c2ccccn2)CC1. The number of carbonyl (C=O) groups excluding carboxylic acids is 2. The minimum absolute atomic E-state index is 0.0559. The van der Waals surface area contributed by atoms with Crippen molar-refractivity contribution in [2.45, 2.75) is 6.42 Å². The molecule has 1 aliphatic rings. The second kappa shape index (κ2) is 8.81. The van der Waals surface area contributed by atoms with Gasteiger partial charge in [0.2, 0.25) is 0 Å². The number of phenols is 1.